The van der Waals surface area contributed by atoms with Gasteiger partial charge in [-0.1, -0.05) is 55.5 Å². The quantitative estimate of drug-likeness (QED) is 0.904. The van der Waals surface area contributed by atoms with Gasteiger partial charge < -0.3 is 5.32 Å². The smallest absolute Gasteiger partial charge is 0.228 e. The summed E-state index contributed by atoms with van der Waals surface area (Å²) in [5.74, 6) is 2.29. The van der Waals surface area contributed by atoms with Gasteiger partial charge in [0.15, 0.2) is 0 Å². The van der Waals surface area contributed by atoms with Crippen molar-refractivity contribution in [2.75, 3.05) is 5.75 Å². The zero-order valence-electron chi connectivity index (χ0n) is 13.2. The zero-order valence-corrected chi connectivity index (χ0v) is 14.1. The summed E-state index contributed by atoms with van der Waals surface area (Å²) in [6.07, 6.45) is 1.20. The fourth-order valence-electron chi connectivity index (χ4n) is 3.55. The average Bonchev–Trinajstić information content (AvgIpc) is 3.15. The van der Waals surface area contributed by atoms with Crippen LogP contribution in [0.1, 0.15) is 36.4 Å². The van der Waals surface area contributed by atoms with E-state index in [9.17, 15) is 4.79 Å². The van der Waals surface area contributed by atoms with Gasteiger partial charge in [-0.05, 0) is 35.4 Å². The normalized spacial score (nSPS) is 26.4. The maximum Gasteiger partial charge on any atom is 0.228 e. The summed E-state index contributed by atoms with van der Waals surface area (Å²) in [5.41, 5.74) is 2.42. The van der Waals surface area contributed by atoms with Crippen LogP contribution in [0.15, 0.2) is 59.5 Å². The van der Waals surface area contributed by atoms with Gasteiger partial charge in [0.1, 0.15) is 0 Å². The molecule has 4 unspecified atom stereocenters. The number of rotatable bonds is 4. The molecule has 118 valence electrons. The lowest BCUT2D eigenvalue weighted by Gasteiger charge is -2.22. The maximum atomic E-state index is 12.9. The Labute approximate surface area is 141 Å². The van der Waals surface area contributed by atoms with E-state index in [0.29, 0.717) is 11.8 Å². The first-order chi connectivity index (χ1) is 11.2. The van der Waals surface area contributed by atoms with Gasteiger partial charge in [-0.3, -0.25) is 4.79 Å². The molecule has 1 N–H and O–H groups in total. The number of fused-ring (bicyclic) bond motifs is 1. The molecular weight excluding hydrogens is 302 g/mol. The molecule has 4 atom stereocenters. The lowest BCUT2D eigenvalue weighted by atomic mass is 9.97. The monoisotopic (exact) mass is 323 g/mol. The van der Waals surface area contributed by atoms with E-state index in [2.05, 4.69) is 48.6 Å². The van der Waals surface area contributed by atoms with Crippen molar-refractivity contribution in [3.05, 3.63) is 65.7 Å². The molecule has 1 fully saturated rings. The van der Waals surface area contributed by atoms with Crippen molar-refractivity contribution in [1.82, 2.24) is 5.32 Å². The molecule has 1 aliphatic heterocycles. The summed E-state index contributed by atoms with van der Waals surface area (Å²) in [6, 6.07) is 18.8. The van der Waals surface area contributed by atoms with Crippen LogP contribution in [0.2, 0.25) is 0 Å². The topological polar surface area (TPSA) is 29.1 Å². The zero-order chi connectivity index (χ0) is 15.8. The molecule has 3 heteroatoms. The highest BCUT2D eigenvalue weighted by Gasteiger charge is 2.42. The van der Waals surface area contributed by atoms with Crippen molar-refractivity contribution in [3.63, 3.8) is 0 Å². The van der Waals surface area contributed by atoms with Gasteiger partial charge in [0.2, 0.25) is 5.91 Å². The third-order valence-electron chi connectivity index (χ3n) is 5.07. The molecule has 1 amide bonds. The summed E-state index contributed by atoms with van der Waals surface area (Å²) in [5, 5.41) is 3.36. The lowest BCUT2D eigenvalue weighted by Crippen LogP contribution is -2.34. The highest BCUT2D eigenvalue weighted by Crippen LogP contribution is 2.47. The van der Waals surface area contributed by atoms with E-state index in [1.54, 1.807) is 11.8 Å². The first kappa shape index (κ1) is 14.8. The van der Waals surface area contributed by atoms with Crippen molar-refractivity contribution < 1.29 is 4.79 Å². The Kier molecular flexibility index (Phi) is 3.90. The summed E-state index contributed by atoms with van der Waals surface area (Å²) in [6.45, 7) is 2.27. The van der Waals surface area contributed by atoms with Crippen LogP contribution in [0.4, 0.5) is 0 Å². The Morgan fingerprint density at radius 2 is 1.83 bits per heavy atom. The van der Waals surface area contributed by atoms with Gasteiger partial charge in [-0.2, -0.15) is 0 Å². The second-order valence-electron chi connectivity index (χ2n) is 6.68. The number of amides is 1. The second kappa shape index (κ2) is 6.04. The van der Waals surface area contributed by atoms with Crippen LogP contribution in [-0.4, -0.2) is 11.7 Å². The van der Waals surface area contributed by atoms with Crippen LogP contribution in [0, 0.1) is 11.8 Å². The van der Waals surface area contributed by atoms with Crippen molar-refractivity contribution in [3.8, 4) is 0 Å². The third-order valence-corrected chi connectivity index (χ3v) is 6.26. The molecule has 2 aromatic rings. The van der Waals surface area contributed by atoms with E-state index in [1.165, 1.54) is 22.4 Å². The summed E-state index contributed by atoms with van der Waals surface area (Å²) >= 11 is 1.79. The predicted molar refractivity (Wildman–Crippen MR) is 94.5 cm³/mol. The first-order valence-electron chi connectivity index (χ1n) is 8.31. The minimum absolute atomic E-state index is 0.0172. The number of benzene rings is 2. The number of thioether (sulfide) groups is 1. The Hall–Kier alpha value is -1.74. The summed E-state index contributed by atoms with van der Waals surface area (Å²) < 4.78 is 0. The average molecular weight is 323 g/mol. The number of nitrogens with one attached hydrogen (secondary N) is 1. The predicted octanol–water partition coefficient (Wildman–Crippen LogP) is 4.39. The molecule has 4 rings (SSSR count). The summed E-state index contributed by atoms with van der Waals surface area (Å²) in [4.78, 5) is 14.2. The molecule has 2 nitrogen and oxygen atoms in total. The number of carbonyl (C=O) groups is 1. The van der Waals surface area contributed by atoms with Gasteiger partial charge in [0.05, 0.1) is 12.0 Å². The summed E-state index contributed by atoms with van der Waals surface area (Å²) in [7, 11) is 0. The highest BCUT2D eigenvalue weighted by molar-refractivity contribution is 7.99. The Morgan fingerprint density at radius 1 is 1.13 bits per heavy atom. The molecule has 1 heterocycles. The molecule has 23 heavy (non-hydrogen) atoms. The highest BCUT2D eigenvalue weighted by atomic mass is 32.2. The maximum absolute atomic E-state index is 12.9. The van der Waals surface area contributed by atoms with Crippen molar-refractivity contribution in [2.45, 2.75) is 30.2 Å². The number of hydrogen-bond acceptors (Lipinski definition) is 2. The van der Waals surface area contributed by atoms with E-state index in [0.717, 1.165) is 5.75 Å². The fourth-order valence-corrected chi connectivity index (χ4v) is 4.78. The second-order valence-corrected chi connectivity index (χ2v) is 7.74. The van der Waals surface area contributed by atoms with Crippen LogP contribution in [0.25, 0.3) is 0 Å². The standard InChI is InChI=1S/C20H21NOS/c1-13-11-16(13)19(14-7-3-2-4-8-14)21-20(22)17-12-23-18-10-6-5-9-15(17)18/h2-10,13,16-17,19H,11-12H2,1H3,(H,21,22). The molecule has 0 saturated heterocycles. The van der Waals surface area contributed by atoms with Gasteiger partial charge in [-0.25, -0.2) is 0 Å². The van der Waals surface area contributed by atoms with Crippen LogP contribution < -0.4 is 5.32 Å². The van der Waals surface area contributed by atoms with Gasteiger partial charge in [0, 0.05) is 10.6 Å². The molecule has 2 aliphatic rings. The van der Waals surface area contributed by atoms with E-state index in [4.69, 9.17) is 0 Å². The van der Waals surface area contributed by atoms with Gasteiger partial charge >= 0.3 is 0 Å². The van der Waals surface area contributed by atoms with Crippen LogP contribution in [-0.2, 0) is 4.79 Å². The van der Waals surface area contributed by atoms with E-state index in [-0.39, 0.29) is 17.9 Å². The van der Waals surface area contributed by atoms with Crippen molar-refractivity contribution in [2.24, 2.45) is 11.8 Å². The van der Waals surface area contributed by atoms with Crippen LogP contribution in [0.5, 0.6) is 0 Å². The van der Waals surface area contributed by atoms with E-state index < -0.39 is 0 Å². The van der Waals surface area contributed by atoms with Crippen LogP contribution in [0.3, 0.4) is 0 Å². The largest absolute Gasteiger partial charge is 0.348 e. The van der Waals surface area contributed by atoms with Gasteiger partial charge in [-0.15, -0.1) is 11.8 Å². The number of carbonyl (C=O) groups excluding carboxylic acids is 1. The Morgan fingerprint density at radius 3 is 2.57 bits per heavy atom. The SMILES string of the molecule is CC1CC1C(NC(=O)C1CSc2ccccc21)c1ccccc1. The molecule has 0 aromatic heterocycles. The fraction of sp³-hybridized carbons (Fsp3) is 0.350. The lowest BCUT2D eigenvalue weighted by molar-refractivity contribution is -0.123. The van der Waals surface area contributed by atoms with E-state index >= 15 is 0 Å². The minimum Gasteiger partial charge on any atom is -0.348 e. The van der Waals surface area contributed by atoms with E-state index in [1.807, 2.05) is 18.2 Å². The Bertz CT molecular complexity index is 715. The molecule has 1 aliphatic carbocycles. The molecule has 2 aromatic carbocycles. The van der Waals surface area contributed by atoms with Gasteiger partial charge in [0.25, 0.3) is 0 Å². The van der Waals surface area contributed by atoms with Crippen molar-refractivity contribution in [1.29, 1.82) is 0 Å². The molecule has 0 radical (unpaired) electrons. The molecule has 0 spiro atoms. The first-order valence-corrected chi connectivity index (χ1v) is 9.29. The molecule has 0 bridgehead atoms. The minimum atomic E-state index is -0.0172. The molecule has 1 saturated carbocycles. The Balaban J connectivity index is 1.55. The third kappa shape index (κ3) is 2.90. The van der Waals surface area contributed by atoms with Crippen molar-refractivity contribution >= 4 is 17.7 Å². The van der Waals surface area contributed by atoms with Crippen LogP contribution >= 0.6 is 11.8 Å². The molecular formula is C20H21NOS. The number of hydrogen-bond donors (Lipinski definition) is 1.